The number of aliphatic hydroxyl groups excluding tert-OH is 1. The normalized spacial score (nSPS) is 24.2. The molecule has 4 nitrogen and oxygen atoms in total. The summed E-state index contributed by atoms with van der Waals surface area (Å²) in [6.07, 6.45) is 1.29. The summed E-state index contributed by atoms with van der Waals surface area (Å²) in [7, 11) is -4.33. The number of hydrogen-bond donors (Lipinski definition) is 1. The fraction of sp³-hybridized carbons (Fsp3) is 0.538. The predicted octanol–water partition coefficient (Wildman–Crippen LogP) is 1.89. The number of benzene rings is 1. The first-order valence-electron chi connectivity index (χ1n) is 6.57. The van der Waals surface area contributed by atoms with E-state index in [-0.39, 0.29) is 12.5 Å². The zero-order chi connectivity index (χ0) is 15.8. The van der Waals surface area contributed by atoms with Crippen LogP contribution in [0.3, 0.4) is 0 Å². The number of sulfonamides is 1. The Hall–Kier alpha value is -1.12. The lowest BCUT2D eigenvalue weighted by molar-refractivity contribution is 0.113. The van der Waals surface area contributed by atoms with Crippen molar-refractivity contribution in [2.24, 2.45) is 5.92 Å². The standard InChI is InChI=1S/C13H16F3NO3S/c1-8-3-2-6-17(10(8)7-18)21(19,20)11-5-4-9(14)12(15)13(11)16/h4-5,8,10,18H,2-3,6-7H2,1H3. The molecular formula is C13H16F3NO3S. The minimum Gasteiger partial charge on any atom is -0.395 e. The molecule has 1 heterocycles. The highest BCUT2D eigenvalue weighted by molar-refractivity contribution is 7.89. The van der Waals surface area contributed by atoms with Crippen LogP contribution in [0.1, 0.15) is 19.8 Å². The molecule has 1 aromatic carbocycles. The number of aliphatic hydroxyl groups is 1. The highest BCUT2D eigenvalue weighted by atomic mass is 32.2. The van der Waals surface area contributed by atoms with Crippen molar-refractivity contribution in [2.45, 2.75) is 30.7 Å². The smallest absolute Gasteiger partial charge is 0.246 e. The second-order valence-electron chi connectivity index (χ2n) is 5.16. The molecule has 1 N–H and O–H groups in total. The van der Waals surface area contributed by atoms with Crippen LogP contribution in [0.5, 0.6) is 0 Å². The number of piperidine rings is 1. The Morgan fingerprint density at radius 1 is 1.29 bits per heavy atom. The Labute approximate surface area is 121 Å². The van der Waals surface area contributed by atoms with E-state index in [1.165, 1.54) is 0 Å². The molecule has 0 amide bonds. The maximum absolute atomic E-state index is 13.8. The van der Waals surface area contributed by atoms with Gasteiger partial charge in [-0.2, -0.15) is 4.31 Å². The first-order valence-corrected chi connectivity index (χ1v) is 8.01. The van der Waals surface area contributed by atoms with Crippen LogP contribution in [0.15, 0.2) is 17.0 Å². The minimum absolute atomic E-state index is 0.105. The Morgan fingerprint density at radius 2 is 1.95 bits per heavy atom. The molecule has 0 spiro atoms. The molecule has 1 saturated heterocycles. The lowest BCUT2D eigenvalue weighted by Gasteiger charge is -2.37. The van der Waals surface area contributed by atoms with E-state index in [4.69, 9.17) is 0 Å². The van der Waals surface area contributed by atoms with E-state index >= 15 is 0 Å². The van der Waals surface area contributed by atoms with Crippen LogP contribution in [-0.4, -0.2) is 37.0 Å². The third-order valence-corrected chi connectivity index (χ3v) is 5.78. The quantitative estimate of drug-likeness (QED) is 0.864. The van der Waals surface area contributed by atoms with E-state index in [0.29, 0.717) is 18.6 Å². The molecule has 21 heavy (non-hydrogen) atoms. The van der Waals surface area contributed by atoms with Gasteiger partial charge >= 0.3 is 0 Å². The van der Waals surface area contributed by atoms with E-state index in [1.54, 1.807) is 6.92 Å². The number of hydrogen-bond acceptors (Lipinski definition) is 3. The summed E-state index contributed by atoms with van der Waals surface area (Å²) in [6, 6.07) is 0.583. The van der Waals surface area contributed by atoms with Crippen molar-refractivity contribution in [1.29, 1.82) is 0 Å². The number of nitrogens with zero attached hydrogens (tertiary/aromatic N) is 1. The Balaban J connectivity index is 2.49. The summed E-state index contributed by atoms with van der Waals surface area (Å²) in [4.78, 5) is -0.908. The highest BCUT2D eigenvalue weighted by Crippen LogP contribution is 2.30. The van der Waals surface area contributed by atoms with Crippen molar-refractivity contribution in [3.05, 3.63) is 29.6 Å². The van der Waals surface area contributed by atoms with Crippen LogP contribution in [0.25, 0.3) is 0 Å². The van der Waals surface area contributed by atoms with Gasteiger partial charge in [0.05, 0.1) is 12.6 Å². The van der Waals surface area contributed by atoms with Crippen molar-refractivity contribution in [2.75, 3.05) is 13.2 Å². The summed E-state index contributed by atoms with van der Waals surface area (Å²) in [5.41, 5.74) is 0. The molecule has 2 rings (SSSR count). The Bertz CT molecular complexity index is 636. The van der Waals surface area contributed by atoms with E-state index in [1.807, 2.05) is 0 Å². The molecule has 118 valence electrons. The molecule has 0 bridgehead atoms. The summed E-state index contributed by atoms with van der Waals surface area (Å²) in [6.45, 7) is 1.48. The van der Waals surface area contributed by atoms with Crippen LogP contribution in [-0.2, 0) is 10.0 Å². The molecule has 2 unspecified atom stereocenters. The average molecular weight is 323 g/mol. The van der Waals surface area contributed by atoms with Gasteiger partial charge in [-0.3, -0.25) is 0 Å². The third-order valence-electron chi connectivity index (χ3n) is 3.84. The molecule has 1 fully saturated rings. The second-order valence-corrected chi connectivity index (χ2v) is 7.02. The van der Waals surface area contributed by atoms with Crippen molar-refractivity contribution < 1.29 is 26.7 Å². The SMILES string of the molecule is CC1CCCN(S(=O)(=O)c2ccc(F)c(F)c2F)C1CO. The molecule has 1 aliphatic heterocycles. The molecule has 0 radical (unpaired) electrons. The molecule has 1 aliphatic rings. The molecule has 0 saturated carbocycles. The van der Waals surface area contributed by atoms with Gasteiger partial charge in [-0.15, -0.1) is 0 Å². The van der Waals surface area contributed by atoms with Crippen molar-refractivity contribution in [1.82, 2.24) is 4.31 Å². The number of rotatable bonds is 3. The summed E-state index contributed by atoms with van der Waals surface area (Å²) < 4.78 is 65.9. The third kappa shape index (κ3) is 2.79. The lowest BCUT2D eigenvalue weighted by atomic mass is 9.93. The maximum atomic E-state index is 13.8. The summed E-state index contributed by atoms with van der Waals surface area (Å²) in [5, 5.41) is 9.38. The van der Waals surface area contributed by atoms with Crippen LogP contribution in [0.4, 0.5) is 13.2 Å². The number of halogens is 3. The van der Waals surface area contributed by atoms with Crippen molar-refractivity contribution in [3.8, 4) is 0 Å². The molecule has 2 atom stereocenters. The van der Waals surface area contributed by atoms with Gasteiger partial charge in [-0.1, -0.05) is 6.92 Å². The van der Waals surface area contributed by atoms with Crippen LogP contribution in [0.2, 0.25) is 0 Å². The largest absolute Gasteiger partial charge is 0.395 e. The zero-order valence-electron chi connectivity index (χ0n) is 11.4. The lowest BCUT2D eigenvalue weighted by Crippen LogP contribution is -2.49. The summed E-state index contributed by atoms with van der Waals surface area (Å²) >= 11 is 0. The van der Waals surface area contributed by atoms with E-state index in [9.17, 15) is 26.7 Å². The van der Waals surface area contributed by atoms with E-state index in [2.05, 4.69) is 0 Å². The van der Waals surface area contributed by atoms with Gasteiger partial charge in [-0.05, 0) is 30.9 Å². The molecular weight excluding hydrogens is 307 g/mol. The van der Waals surface area contributed by atoms with Gasteiger partial charge in [0.2, 0.25) is 10.0 Å². The second kappa shape index (κ2) is 5.94. The van der Waals surface area contributed by atoms with E-state index in [0.717, 1.165) is 10.7 Å². The minimum atomic E-state index is -4.33. The van der Waals surface area contributed by atoms with Gasteiger partial charge in [-0.25, -0.2) is 21.6 Å². The fourth-order valence-electron chi connectivity index (χ4n) is 2.61. The summed E-state index contributed by atoms with van der Waals surface area (Å²) in [5.74, 6) is -5.10. The topological polar surface area (TPSA) is 57.6 Å². The molecule has 8 heteroatoms. The van der Waals surface area contributed by atoms with Crippen molar-refractivity contribution in [3.63, 3.8) is 0 Å². The van der Waals surface area contributed by atoms with Crippen LogP contribution < -0.4 is 0 Å². The maximum Gasteiger partial charge on any atom is 0.246 e. The molecule has 0 aromatic heterocycles. The Kier molecular flexibility index (Phi) is 4.60. The van der Waals surface area contributed by atoms with Crippen molar-refractivity contribution >= 4 is 10.0 Å². The van der Waals surface area contributed by atoms with Gasteiger partial charge in [0.1, 0.15) is 4.90 Å². The van der Waals surface area contributed by atoms with Crippen LogP contribution in [0, 0.1) is 23.4 Å². The first-order chi connectivity index (χ1) is 9.80. The van der Waals surface area contributed by atoms with Gasteiger partial charge in [0.25, 0.3) is 0 Å². The molecule has 1 aromatic rings. The van der Waals surface area contributed by atoms with E-state index < -0.39 is 45.0 Å². The van der Waals surface area contributed by atoms with Gasteiger partial charge in [0.15, 0.2) is 17.5 Å². The molecule has 0 aliphatic carbocycles. The predicted molar refractivity (Wildman–Crippen MR) is 69.5 cm³/mol. The zero-order valence-corrected chi connectivity index (χ0v) is 12.2. The first kappa shape index (κ1) is 16.3. The fourth-order valence-corrected chi connectivity index (χ4v) is 4.42. The van der Waals surface area contributed by atoms with Crippen LogP contribution >= 0.6 is 0 Å². The average Bonchev–Trinajstić information content (AvgIpc) is 2.44. The van der Waals surface area contributed by atoms with Gasteiger partial charge in [0, 0.05) is 6.54 Å². The van der Waals surface area contributed by atoms with Gasteiger partial charge < -0.3 is 5.11 Å². The Morgan fingerprint density at radius 3 is 2.57 bits per heavy atom. The highest BCUT2D eigenvalue weighted by Gasteiger charge is 2.38. The monoisotopic (exact) mass is 323 g/mol.